The largest absolute Gasteiger partial charge is 0.463 e. The summed E-state index contributed by atoms with van der Waals surface area (Å²) < 4.78 is 17.4. The van der Waals surface area contributed by atoms with Crippen LogP contribution in [0.25, 0.3) is 0 Å². The molecule has 33 heavy (non-hydrogen) atoms. The van der Waals surface area contributed by atoms with Gasteiger partial charge in [-0.15, -0.1) is 0 Å². The van der Waals surface area contributed by atoms with E-state index in [1.807, 2.05) is 50.2 Å². The summed E-state index contributed by atoms with van der Waals surface area (Å²) in [4.78, 5) is 0. The molecule has 0 aliphatic carbocycles. The van der Waals surface area contributed by atoms with Crippen LogP contribution < -0.4 is 10.1 Å². The minimum absolute atomic E-state index is 0.488. The van der Waals surface area contributed by atoms with Crippen molar-refractivity contribution < 1.29 is 19.3 Å². The van der Waals surface area contributed by atoms with E-state index in [1.54, 1.807) is 0 Å². The highest BCUT2D eigenvalue weighted by atomic mass is 16.7. The van der Waals surface area contributed by atoms with Crippen LogP contribution in [-0.2, 0) is 35.7 Å². The Labute approximate surface area is 196 Å². The zero-order valence-corrected chi connectivity index (χ0v) is 19.4. The Kier molecular flexibility index (Phi) is 7.78. The lowest BCUT2D eigenvalue weighted by molar-refractivity contribution is -0.180. The number of nitrogens with one attached hydrogen (secondary N) is 1. The van der Waals surface area contributed by atoms with Crippen molar-refractivity contribution in [2.24, 2.45) is 0 Å². The maximum absolute atomic E-state index is 10.6. The van der Waals surface area contributed by atoms with E-state index in [9.17, 15) is 5.11 Å². The number of aliphatic hydroxyl groups excluding tert-OH is 1. The van der Waals surface area contributed by atoms with Gasteiger partial charge >= 0.3 is 0 Å². The van der Waals surface area contributed by atoms with E-state index in [4.69, 9.17) is 14.2 Å². The lowest BCUT2D eigenvalue weighted by atomic mass is 10.0. The number of hydrogen-bond donors (Lipinski definition) is 2. The van der Waals surface area contributed by atoms with Crippen LogP contribution in [0.1, 0.15) is 47.8 Å². The number of hydrogen-bond acceptors (Lipinski definition) is 5. The van der Waals surface area contributed by atoms with E-state index in [1.165, 1.54) is 16.7 Å². The molecule has 5 heteroatoms. The number of rotatable bonds is 10. The molecular formula is C28H33NO4. The van der Waals surface area contributed by atoms with E-state index in [2.05, 4.69) is 41.7 Å². The van der Waals surface area contributed by atoms with Gasteiger partial charge in [0.05, 0.1) is 25.9 Å². The predicted molar refractivity (Wildman–Crippen MR) is 129 cm³/mol. The summed E-state index contributed by atoms with van der Waals surface area (Å²) in [6.07, 6.45) is 0.308. The molecule has 174 valence electrons. The van der Waals surface area contributed by atoms with Gasteiger partial charge in [-0.3, -0.25) is 0 Å². The highest BCUT2D eigenvalue weighted by Crippen LogP contribution is 2.32. The number of benzene rings is 3. The molecule has 1 atom stereocenters. The SMILES string of the molecule is CC1(C)OCc2cc([C@@H](O)CNCCc3cccc(COCc4ccccc4)c3)ccc2O1. The first-order chi connectivity index (χ1) is 16.0. The van der Waals surface area contributed by atoms with Gasteiger partial charge in [-0.2, -0.15) is 0 Å². The van der Waals surface area contributed by atoms with Gasteiger partial charge in [-0.05, 0) is 47.4 Å². The molecule has 0 spiro atoms. The quantitative estimate of drug-likeness (QED) is 0.432. The molecule has 2 N–H and O–H groups in total. The third-order valence-electron chi connectivity index (χ3n) is 5.70. The fraction of sp³-hybridized carbons (Fsp3) is 0.357. The van der Waals surface area contributed by atoms with Gasteiger partial charge in [0.25, 0.3) is 0 Å². The van der Waals surface area contributed by atoms with Gasteiger partial charge in [0, 0.05) is 26.0 Å². The number of aliphatic hydroxyl groups is 1. The molecule has 0 amide bonds. The summed E-state index contributed by atoms with van der Waals surface area (Å²) in [5, 5.41) is 14.0. The van der Waals surface area contributed by atoms with Crippen molar-refractivity contribution in [3.8, 4) is 5.75 Å². The molecule has 3 aromatic carbocycles. The molecule has 1 aliphatic heterocycles. The molecule has 1 aliphatic rings. The summed E-state index contributed by atoms with van der Waals surface area (Å²) in [6.45, 7) is 6.78. The third kappa shape index (κ3) is 6.89. The topological polar surface area (TPSA) is 60.0 Å². The molecular weight excluding hydrogens is 414 g/mol. The Morgan fingerprint density at radius 2 is 1.70 bits per heavy atom. The Hall–Kier alpha value is -2.70. The highest BCUT2D eigenvalue weighted by molar-refractivity contribution is 5.39. The molecule has 0 saturated heterocycles. The molecule has 3 aromatic rings. The lowest BCUT2D eigenvalue weighted by Gasteiger charge is -2.33. The van der Waals surface area contributed by atoms with Crippen molar-refractivity contribution in [1.29, 1.82) is 0 Å². The van der Waals surface area contributed by atoms with E-state index < -0.39 is 11.9 Å². The van der Waals surface area contributed by atoms with E-state index in [0.717, 1.165) is 29.8 Å². The standard InChI is InChI=1S/C28H33NO4/c1-28(2)32-20-25-16-24(11-12-27(25)33-28)26(30)17-29-14-13-21-9-6-10-23(15-21)19-31-18-22-7-4-3-5-8-22/h3-12,15-16,26,29-30H,13-14,17-20H2,1-2H3/t26-/m0/s1. The summed E-state index contributed by atoms with van der Waals surface area (Å²) in [6, 6.07) is 24.5. The summed E-state index contributed by atoms with van der Waals surface area (Å²) >= 11 is 0. The maximum Gasteiger partial charge on any atom is 0.205 e. The number of ether oxygens (including phenoxy) is 3. The molecule has 0 saturated carbocycles. The Balaban J connectivity index is 1.20. The van der Waals surface area contributed by atoms with Crippen LogP contribution in [0, 0.1) is 0 Å². The average molecular weight is 448 g/mol. The lowest BCUT2D eigenvalue weighted by Crippen LogP contribution is -2.35. The average Bonchev–Trinajstić information content (AvgIpc) is 2.82. The summed E-state index contributed by atoms with van der Waals surface area (Å²) in [7, 11) is 0. The fourth-order valence-electron chi connectivity index (χ4n) is 3.89. The van der Waals surface area contributed by atoms with E-state index in [-0.39, 0.29) is 0 Å². The van der Waals surface area contributed by atoms with Crippen molar-refractivity contribution in [3.05, 3.63) is 101 Å². The normalized spacial score (nSPS) is 15.5. The third-order valence-corrected chi connectivity index (χ3v) is 5.70. The van der Waals surface area contributed by atoms with Crippen molar-refractivity contribution in [1.82, 2.24) is 5.32 Å². The first-order valence-electron chi connectivity index (χ1n) is 11.5. The van der Waals surface area contributed by atoms with Crippen LogP contribution >= 0.6 is 0 Å². The van der Waals surface area contributed by atoms with E-state index >= 15 is 0 Å². The highest BCUT2D eigenvalue weighted by Gasteiger charge is 2.27. The molecule has 0 bridgehead atoms. The summed E-state index contributed by atoms with van der Waals surface area (Å²) in [5.74, 6) is 0.211. The molecule has 0 fully saturated rings. The zero-order valence-electron chi connectivity index (χ0n) is 19.4. The monoisotopic (exact) mass is 447 g/mol. The van der Waals surface area contributed by atoms with Gasteiger partial charge in [0.15, 0.2) is 0 Å². The van der Waals surface area contributed by atoms with E-state index in [0.29, 0.717) is 26.4 Å². The second-order valence-electron chi connectivity index (χ2n) is 8.93. The first-order valence-corrected chi connectivity index (χ1v) is 11.5. The molecule has 0 radical (unpaired) electrons. The van der Waals surface area contributed by atoms with Crippen LogP contribution in [0.3, 0.4) is 0 Å². The Morgan fingerprint density at radius 3 is 2.55 bits per heavy atom. The van der Waals surface area contributed by atoms with Crippen LogP contribution in [0.2, 0.25) is 0 Å². The van der Waals surface area contributed by atoms with Crippen molar-refractivity contribution in [3.63, 3.8) is 0 Å². The van der Waals surface area contributed by atoms with Crippen LogP contribution in [0.15, 0.2) is 72.8 Å². The smallest absolute Gasteiger partial charge is 0.205 e. The van der Waals surface area contributed by atoms with Gasteiger partial charge in [-0.25, -0.2) is 0 Å². The molecule has 5 nitrogen and oxygen atoms in total. The minimum atomic E-state index is -0.611. The molecule has 1 heterocycles. The second kappa shape index (κ2) is 10.9. The zero-order chi connectivity index (χ0) is 23.1. The molecule has 0 aromatic heterocycles. The van der Waals surface area contributed by atoms with Crippen LogP contribution in [0.5, 0.6) is 5.75 Å². The Bertz CT molecular complexity index is 1040. The van der Waals surface area contributed by atoms with Crippen molar-refractivity contribution in [2.45, 2.75) is 52.0 Å². The van der Waals surface area contributed by atoms with Gasteiger partial charge < -0.3 is 24.6 Å². The summed E-state index contributed by atoms with van der Waals surface area (Å²) in [5.41, 5.74) is 5.44. The van der Waals surface area contributed by atoms with Gasteiger partial charge in [0.2, 0.25) is 5.79 Å². The van der Waals surface area contributed by atoms with Crippen molar-refractivity contribution in [2.75, 3.05) is 13.1 Å². The van der Waals surface area contributed by atoms with Crippen molar-refractivity contribution >= 4 is 0 Å². The number of fused-ring (bicyclic) bond motifs is 1. The maximum atomic E-state index is 10.6. The minimum Gasteiger partial charge on any atom is -0.463 e. The Morgan fingerprint density at radius 1 is 0.939 bits per heavy atom. The second-order valence-corrected chi connectivity index (χ2v) is 8.93. The molecule has 0 unspecified atom stereocenters. The predicted octanol–water partition coefficient (Wildman–Crippen LogP) is 4.91. The first kappa shape index (κ1) is 23.5. The van der Waals surface area contributed by atoms with Gasteiger partial charge in [0.1, 0.15) is 5.75 Å². The van der Waals surface area contributed by atoms with Gasteiger partial charge in [-0.1, -0.05) is 60.7 Å². The van der Waals surface area contributed by atoms with Crippen LogP contribution in [0.4, 0.5) is 0 Å². The fourth-order valence-corrected chi connectivity index (χ4v) is 3.89. The van der Waals surface area contributed by atoms with Crippen LogP contribution in [-0.4, -0.2) is 24.0 Å². The molecule has 4 rings (SSSR count).